The predicted octanol–water partition coefficient (Wildman–Crippen LogP) is 3.06. The van der Waals surface area contributed by atoms with Gasteiger partial charge in [-0.25, -0.2) is 0 Å². The first-order chi connectivity index (χ1) is 4.38. The van der Waals surface area contributed by atoms with Crippen molar-refractivity contribution in [2.75, 3.05) is 0 Å². The lowest BCUT2D eigenvalue weighted by Gasteiger charge is -1.96. The SMILES string of the molecule is C=CC1=C(CC)CCC1. The largest absolute Gasteiger partial charge is 0.0988 e. The van der Waals surface area contributed by atoms with E-state index in [-0.39, 0.29) is 0 Å². The molecule has 0 saturated carbocycles. The van der Waals surface area contributed by atoms with E-state index < -0.39 is 0 Å². The first kappa shape index (κ1) is 6.60. The van der Waals surface area contributed by atoms with Gasteiger partial charge in [0, 0.05) is 0 Å². The highest BCUT2D eigenvalue weighted by atomic mass is 14.1. The Bertz CT molecular complexity index is 140. The van der Waals surface area contributed by atoms with Crippen LogP contribution >= 0.6 is 0 Å². The second-order valence-electron chi connectivity index (χ2n) is 2.54. The molecule has 0 atom stereocenters. The Balaban J connectivity index is 2.69. The van der Waals surface area contributed by atoms with E-state index in [9.17, 15) is 0 Å². The van der Waals surface area contributed by atoms with Gasteiger partial charge in [0.1, 0.15) is 0 Å². The predicted molar refractivity (Wildman–Crippen MR) is 41.4 cm³/mol. The van der Waals surface area contributed by atoms with Crippen LogP contribution in [-0.2, 0) is 0 Å². The number of allylic oxidation sites excluding steroid dienone is 3. The Morgan fingerprint density at radius 2 is 2.33 bits per heavy atom. The fourth-order valence-electron chi connectivity index (χ4n) is 1.48. The Kier molecular flexibility index (Phi) is 2.10. The van der Waals surface area contributed by atoms with Gasteiger partial charge in [-0.2, -0.15) is 0 Å². The molecule has 0 N–H and O–H groups in total. The van der Waals surface area contributed by atoms with Crippen molar-refractivity contribution in [1.29, 1.82) is 0 Å². The lowest BCUT2D eigenvalue weighted by atomic mass is 10.1. The van der Waals surface area contributed by atoms with Gasteiger partial charge in [-0.05, 0) is 31.3 Å². The molecule has 0 amide bonds. The van der Waals surface area contributed by atoms with Crippen LogP contribution in [0, 0.1) is 0 Å². The van der Waals surface area contributed by atoms with Crippen LogP contribution in [0.4, 0.5) is 0 Å². The Hall–Kier alpha value is -0.520. The summed E-state index contributed by atoms with van der Waals surface area (Å²) in [6, 6.07) is 0. The van der Waals surface area contributed by atoms with E-state index >= 15 is 0 Å². The van der Waals surface area contributed by atoms with Gasteiger partial charge in [0.2, 0.25) is 0 Å². The third-order valence-electron chi connectivity index (χ3n) is 2.05. The van der Waals surface area contributed by atoms with Crippen LogP contribution in [0.25, 0.3) is 0 Å². The zero-order chi connectivity index (χ0) is 6.69. The normalized spacial score (nSPS) is 18.8. The second-order valence-corrected chi connectivity index (χ2v) is 2.54. The van der Waals surface area contributed by atoms with Crippen molar-refractivity contribution in [2.45, 2.75) is 32.6 Å². The second kappa shape index (κ2) is 2.86. The molecule has 0 heteroatoms. The van der Waals surface area contributed by atoms with Crippen molar-refractivity contribution in [3.8, 4) is 0 Å². The van der Waals surface area contributed by atoms with Gasteiger partial charge < -0.3 is 0 Å². The van der Waals surface area contributed by atoms with E-state index in [0.717, 1.165) is 0 Å². The summed E-state index contributed by atoms with van der Waals surface area (Å²) in [5.41, 5.74) is 3.14. The molecular formula is C9H14. The summed E-state index contributed by atoms with van der Waals surface area (Å²) in [5, 5.41) is 0. The highest BCUT2D eigenvalue weighted by molar-refractivity contribution is 5.27. The number of hydrogen-bond donors (Lipinski definition) is 0. The highest BCUT2D eigenvalue weighted by Crippen LogP contribution is 2.28. The summed E-state index contributed by atoms with van der Waals surface area (Å²) in [6.45, 7) is 6.01. The van der Waals surface area contributed by atoms with Crippen LogP contribution in [-0.4, -0.2) is 0 Å². The molecule has 0 aromatic rings. The van der Waals surface area contributed by atoms with Crippen molar-refractivity contribution in [1.82, 2.24) is 0 Å². The van der Waals surface area contributed by atoms with E-state index in [4.69, 9.17) is 0 Å². The van der Waals surface area contributed by atoms with E-state index in [1.165, 1.54) is 31.3 Å². The fraction of sp³-hybridized carbons (Fsp3) is 0.556. The van der Waals surface area contributed by atoms with Crippen molar-refractivity contribution in [3.63, 3.8) is 0 Å². The van der Waals surface area contributed by atoms with Gasteiger partial charge >= 0.3 is 0 Å². The highest BCUT2D eigenvalue weighted by Gasteiger charge is 2.08. The maximum absolute atomic E-state index is 3.78. The molecule has 0 radical (unpaired) electrons. The van der Waals surface area contributed by atoms with E-state index in [0.29, 0.717) is 0 Å². The maximum atomic E-state index is 3.78. The molecule has 0 aromatic carbocycles. The molecule has 0 saturated heterocycles. The van der Waals surface area contributed by atoms with Crippen LogP contribution in [0.15, 0.2) is 23.8 Å². The standard InChI is InChI=1S/C9H14/c1-3-8-6-5-7-9(8)4-2/h3H,1,4-7H2,2H3. The minimum Gasteiger partial charge on any atom is -0.0988 e. The Morgan fingerprint density at radius 1 is 1.56 bits per heavy atom. The van der Waals surface area contributed by atoms with Crippen LogP contribution in [0.3, 0.4) is 0 Å². The Labute approximate surface area is 57.3 Å². The molecule has 0 unspecified atom stereocenters. The molecule has 0 nitrogen and oxygen atoms in total. The molecule has 1 aliphatic carbocycles. The maximum Gasteiger partial charge on any atom is -0.0276 e. The number of hydrogen-bond acceptors (Lipinski definition) is 0. The molecule has 1 rings (SSSR count). The van der Waals surface area contributed by atoms with Gasteiger partial charge in [0.05, 0.1) is 0 Å². The van der Waals surface area contributed by atoms with Crippen molar-refractivity contribution in [2.24, 2.45) is 0 Å². The monoisotopic (exact) mass is 122 g/mol. The molecule has 0 aromatic heterocycles. The summed E-state index contributed by atoms with van der Waals surface area (Å²) in [5.74, 6) is 0. The van der Waals surface area contributed by atoms with E-state index in [2.05, 4.69) is 13.5 Å². The van der Waals surface area contributed by atoms with Crippen molar-refractivity contribution in [3.05, 3.63) is 23.8 Å². The van der Waals surface area contributed by atoms with Gasteiger partial charge in [-0.1, -0.05) is 25.2 Å². The first-order valence-corrected chi connectivity index (χ1v) is 3.71. The summed E-state index contributed by atoms with van der Waals surface area (Å²) < 4.78 is 0. The van der Waals surface area contributed by atoms with Crippen LogP contribution < -0.4 is 0 Å². The van der Waals surface area contributed by atoms with Crippen molar-refractivity contribution >= 4 is 0 Å². The summed E-state index contributed by atoms with van der Waals surface area (Å²) in [6.07, 6.45) is 7.18. The van der Waals surface area contributed by atoms with Crippen molar-refractivity contribution < 1.29 is 0 Å². The van der Waals surface area contributed by atoms with Crippen LogP contribution in [0.5, 0.6) is 0 Å². The molecular weight excluding hydrogens is 108 g/mol. The lowest BCUT2D eigenvalue weighted by molar-refractivity contribution is 0.876. The molecule has 50 valence electrons. The average Bonchev–Trinajstić information content (AvgIpc) is 2.33. The molecule has 9 heavy (non-hydrogen) atoms. The van der Waals surface area contributed by atoms with Gasteiger partial charge in [-0.15, -0.1) is 0 Å². The minimum absolute atomic E-state index is 1.22. The third kappa shape index (κ3) is 1.24. The Morgan fingerprint density at radius 3 is 2.78 bits per heavy atom. The third-order valence-corrected chi connectivity index (χ3v) is 2.05. The minimum atomic E-state index is 1.22. The van der Waals surface area contributed by atoms with E-state index in [1.54, 1.807) is 5.57 Å². The lowest BCUT2D eigenvalue weighted by Crippen LogP contribution is -1.75. The van der Waals surface area contributed by atoms with Gasteiger partial charge in [-0.3, -0.25) is 0 Å². The zero-order valence-electron chi connectivity index (χ0n) is 6.11. The molecule has 0 heterocycles. The first-order valence-electron chi connectivity index (χ1n) is 3.71. The fourth-order valence-corrected chi connectivity index (χ4v) is 1.48. The average molecular weight is 122 g/mol. The quantitative estimate of drug-likeness (QED) is 0.528. The van der Waals surface area contributed by atoms with Crippen LogP contribution in [0.2, 0.25) is 0 Å². The van der Waals surface area contributed by atoms with Gasteiger partial charge in [0.25, 0.3) is 0 Å². The molecule has 0 spiro atoms. The molecule has 0 aliphatic heterocycles. The summed E-state index contributed by atoms with van der Waals surface area (Å²) in [7, 11) is 0. The summed E-state index contributed by atoms with van der Waals surface area (Å²) >= 11 is 0. The van der Waals surface area contributed by atoms with Gasteiger partial charge in [0.15, 0.2) is 0 Å². The van der Waals surface area contributed by atoms with E-state index in [1.807, 2.05) is 6.08 Å². The smallest absolute Gasteiger partial charge is 0.0276 e. The summed E-state index contributed by atoms with van der Waals surface area (Å²) in [4.78, 5) is 0. The molecule has 1 aliphatic rings. The molecule has 0 fully saturated rings. The zero-order valence-corrected chi connectivity index (χ0v) is 6.11. The molecule has 0 bridgehead atoms. The number of rotatable bonds is 2. The van der Waals surface area contributed by atoms with Crippen LogP contribution in [0.1, 0.15) is 32.6 Å². The topological polar surface area (TPSA) is 0 Å².